The molecule has 0 unspecified atom stereocenters. The molecule has 7 nitrogen and oxygen atoms in total. The molecule has 1 heterocycles. The van der Waals surface area contributed by atoms with Crippen molar-refractivity contribution in [3.05, 3.63) is 77.3 Å². The second-order valence-corrected chi connectivity index (χ2v) is 6.47. The van der Waals surface area contributed by atoms with E-state index in [0.717, 1.165) is 10.8 Å². The largest absolute Gasteiger partial charge is 0.456 e. The number of nitrogens with one attached hydrogen (secondary N) is 1. The predicted octanol–water partition coefficient (Wildman–Crippen LogP) is 3.32. The average Bonchev–Trinajstić information content (AvgIpc) is 3.06. The lowest BCUT2D eigenvalue weighted by Gasteiger charge is -2.09. The van der Waals surface area contributed by atoms with E-state index in [9.17, 15) is 14.4 Å². The quantitative estimate of drug-likeness (QED) is 0.510. The van der Waals surface area contributed by atoms with Gasteiger partial charge in [0.1, 0.15) is 0 Å². The normalized spacial score (nSPS) is 10.9. The van der Waals surface area contributed by atoms with Crippen LogP contribution in [0.25, 0.3) is 21.9 Å². The summed E-state index contributed by atoms with van der Waals surface area (Å²) in [4.78, 5) is 36.1. The number of hydrogen-bond donors (Lipinski definition) is 1. The van der Waals surface area contributed by atoms with Gasteiger partial charge in [0.05, 0.1) is 11.9 Å². The molecule has 0 saturated heterocycles. The minimum Gasteiger partial charge on any atom is -0.456 e. The Labute approximate surface area is 165 Å². The van der Waals surface area contributed by atoms with Crippen LogP contribution in [0.2, 0.25) is 0 Å². The van der Waals surface area contributed by atoms with Crippen molar-refractivity contribution in [2.75, 3.05) is 11.9 Å². The van der Waals surface area contributed by atoms with Crippen LogP contribution in [-0.4, -0.2) is 23.1 Å². The van der Waals surface area contributed by atoms with Crippen molar-refractivity contribution >= 4 is 39.4 Å². The highest BCUT2D eigenvalue weighted by Crippen LogP contribution is 2.22. The monoisotopic (exact) mass is 390 g/mol. The van der Waals surface area contributed by atoms with E-state index in [4.69, 9.17) is 9.15 Å². The molecule has 29 heavy (non-hydrogen) atoms. The third-order valence-corrected chi connectivity index (χ3v) is 4.54. The molecule has 0 radical (unpaired) electrons. The van der Waals surface area contributed by atoms with Crippen molar-refractivity contribution < 1.29 is 18.7 Å². The first-order valence-electron chi connectivity index (χ1n) is 9.13. The molecular weight excluding hydrogens is 372 g/mol. The Kier molecular flexibility index (Phi) is 5.11. The molecular formula is C22H18N2O5. The van der Waals surface area contributed by atoms with Gasteiger partial charge in [-0.1, -0.05) is 48.5 Å². The summed E-state index contributed by atoms with van der Waals surface area (Å²) >= 11 is 0. The number of esters is 1. The van der Waals surface area contributed by atoms with E-state index in [1.807, 2.05) is 36.4 Å². The van der Waals surface area contributed by atoms with Gasteiger partial charge in [-0.25, -0.2) is 4.79 Å². The summed E-state index contributed by atoms with van der Waals surface area (Å²) in [6, 6.07) is 20.2. The van der Waals surface area contributed by atoms with Crippen LogP contribution < -0.4 is 11.1 Å². The van der Waals surface area contributed by atoms with Gasteiger partial charge in [0.2, 0.25) is 0 Å². The van der Waals surface area contributed by atoms with E-state index in [2.05, 4.69) is 5.32 Å². The first-order chi connectivity index (χ1) is 14.1. The fourth-order valence-electron chi connectivity index (χ4n) is 3.17. The molecule has 0 fully saturated rings. The Morgan fingerprint density at radius 1 is 0.966 bits per heavy atom. The predicted molar refractivity (Wildman–Crippen MR) is 109 cm³/mol. The van der Waals surface area contributed by atoms with Gasteiger partial charge in [-0.2, -0.15) is 0 Å². The first-order valence-corrected chi connectivity index (χ1v) is 9.13. The second-order valence-electron chi connectivity index (χ2n) is 6.47. The molecule has 0 aliphatic heterocycles. The van der Waals surface area contributed by atoms with Gasteiger partial charge in [0, 0.05) is 17.6 Å². The van der Waals surface area contributed by atoms with Crippen LogP contribution in [0.15, 0.2) is 75.9 Å². The van der Waals surface area contributed by atoms with Crippen molar-refractivity contribution in [2.45, 2.75) is 13.0 Å². The van der Waals surface area contributed by atoms with Crippen LogP contribution in [0.1, 0.15) is 6.42 Å². The SMILES string of the molecule is O=C(COC(=O)CCn1c(=O)oc2ccccc21)Nc1cccc2ccccc12. The number of nitrogens with zero attached hydrogens (tertiary/aromatic N) is 1. The van der Waals surface area contributed by atoms with Crippen molar-refractivity contribution in [1.29, 1.82) is 0 Å². The van der Waals surface area contributed by atoms with Crippen molar-refractivity contribution in [2.24, 2.45) is 0 Å². The molecule has 4 aromatic rings. The highest BCUT2D eigenvalue weighted by molar-refractivity contribution is 6.02. The zero-order chi connectivity index (χ0) is 20.2. The average molecular weight is 390 g/mol. The third-order valence-electron chi connectivity index (χ3n) is 4.54. The van der Waals surface area contributed by atoms with E-state index in [1.54, 1.807) is 30.3 Å². The molecule has 146 valence electrons. The minimum atomic E-state index is -0.574. The lowest BCUT2D eigenvalue weighted by molar-refractivity contribution is -0.147. The van der Waals surface area contributed by atoms with E-state index in [-0.39, 0.29) is 13.0 Å². The summed E-state index contributed by atoms with van der Waals surface area (Å²) < 4.78 is 11.5. The summed E-state index contributed by atoms with van der Waals surface area (Å²) in [6.45, 7) is -0.289. The molecule has 0 aliphatic carbocycles. The fourth-order valence-corrected chi connectivity index (χ4v) is 3.17. The molecule has 4 rings (SSSR count). The van der Waals surface area contributed by atoms with Crippen molar-refractivity contribution in [3.8, 4) is 0 Å². The molecule has 3 aromatic carbocycles. The van der Waals surface area contributed by atoms with Crippen molar-refractivity contribution in [3.63, 3.8) is 0 Å². The first kappa shape index (κ1) is 18.5. The number of benzene rings is 3. The Balaban J connectivity index is 1.33. The van der Waals surface area contributed by atoms with Gasteiger partial charge in [-0.05, 0) is 23.6 Å². The van der Waals surface area contributed by atoms with Crippen LogP contribution in [0.4, 0.5) is 5.69 Å². The maximum Gasteiger partial charge on any atom is 0.419 e. The van der Waals surface area contributed by atoms with Crippen LogP contribution >= 0.6 is 0 Å². The Bertz CT molecular complexity index is 1250. The van der Waals surface area contributed by atoms with Gasteiger partial charge >= 0.3 is 11.7 Å². The third kappa shape index (κ3) is 4.03. The number of ether oxygens (including phenoxy) is 1. The molecule has 1 N–H and O–H groups in total. The van der Waals surface area contributed by atoms with E-state index in [0.29, 0.717) is 16.8 Å². The lowest BCUT2D eigenvalue weighted by atomic mass is 10.1. The summed E-state index contributed by atoms with van der Waals surface area (Å²) in [6.07, 6.45) is -0.0506. The number of amides is 1. The summed E-state index contributed by atoms with van der Waals surface area (Å²) in [5.74, 6) is -1.54. The van der Waals surface area contributed by atoms with Crippen LogP contribution in [0.3, 0.4) is 0 Å². The van der Waals surface area contributed by atoms with Gasteiger partial charge < -0.3 is 14.5 Å². The number of anilines is 1. The number of hydrogen-bond acceptors (Lipinski definition) is 5. The standard InChI is InChI=1S/C22H18N2O5/c25-20(23-17-9-5-7-15-6-1-2-8-16(15)17)14-28-21(26)12-13-24-18-10-3-4-11-19(18)29-22(24)27/h1-11H,12-14H2,(H,23,25). The molecule has 1 amide bonds. The summed E-state index contributed by atoms with van der Waals surface area (Å²) in [5.41, 5.74) is 1.72. The van der Waals surface area contributed by atoms with Gasteiger partial charge in [0.25, 0.3) is 5.91 Å². The molecule has 1 aromatic heterocycles. The van der Waals surface area contributed by atoms with Crippen molar-refractivity contribution in [1.82, 2.24) is 4.57 Å². The van der Waals surface area contributed by atoms with Crippen LogP contribution in [-0.2, 0) is 20.9 Å². The van der Waals surface area contributed by atoms with Gasteiger partial charge in [-0.3, -0.25) is 14.2 Å². The van der Waals surface area contributed by atoms with E-state index in [1.165, 1.54) is 4.57 Å². The molecule has 0 bridgehead atoms. The number of carbonyl (C=O) groups excluding carboxylic acids is 2. The number of rotatable bonds is 6. The molecule has 0 aliphatic rings. The van der Waals surface area contributed by atoms with Gasteiger partial charge in [0.15, 0.2) is 12.2 Å². The van der Waals surface area contributed by atoms with E-state index >= 15 is 0 Å². The molecule has 0 spiro atoms. The maximum atomic E-state index is 12.2. The van der Waals surface area contributed by atoms with Crippen LogP contribution in [0, 0.1) is 0 Å². The highest BCUT2D eigenvalue weighted by Gasteiger charge is 2.13. The molecule has 7 heteroatoms. The smallest absolute Gasteiger partial charge is 0.419 e. The number of fused-ring (bicyclic) bond motifs is 2. The topological polar surface area (TPSA) is 90.5 Å². The zero-order valence-electron chi connectivity index (χ0n) is 15.5. The zero-order valence-corrected chi connectivity index (χ0v) is 15.5. The number of aryl methyl sites for hydroxylation is 1. The number of aromatic nitrogens is 1. The molecule has 0 atom stereocenters. The maximum absolute atomic E-state index is 12.2. The Hall–Kier alpha value is -3.87. The van der Waals surface area contributed by atoms with Crippen LogP contribution in [0.5, 0.6) is 0 Å². The lowest BCUT2D eigenvalue weighted by Crippen LogP contribution is -2.22. The fraction of sp³-hybridized carbons (Fsp3) is 0.136. The number of para-hydroxylation sites is 2. The van der Waals surface area contributed by atoms with E-state index < -0.39 is 24.2 Å². The number of carbonyl (C=O) groups is 2. The second kappa shape index (κ2) is 8.02. The highest BCUT2D eigenvalue weighted by atomic mass is 16.5. The Morgan fingerprint density at radius 3 is 2.62 bits per heavy atom. The van der Waals surface area contributed by atoms with Gasteiger partial charge in [-0.15, -0.1) is 0 Å². The minimum absolute atomic E-state index is 0.0506. The summed E-state index contributed by atoms with van der Waals surface area (Å²) in [5, 5.41) is 4.66. The number of oxazole rings is 1. The molecule has 0 saturated carbocycles. The summed E-state index contributed by atoms with van der Waals surface area (Å²) in [7, 11) is 0. The Morgan fingerprint density at radius 2 is 1.72 bits per heavy atom.